The van der Waals surface area contributed by atoms with E-state index in [9.17, 15) is 9.59 Å². The number of amides is 3. The molecule has 0 spiro atoms. The summed E-state index contributed by atoms with van der Waals surface area (Å²) in [5, 5.41) is 14.4. The number of rotatable bonds is 8. The second kappa shape index (κ2) is 9.86. The molecule has 3 amide bonds. The number of thioether (sulfide) groups is 1. The highest BCUT2D eigenvalue weighted by Gasteiger charge is 2.24. The van der Waals surface area contributed by atoms with E-state index in [1.54, 1.807) is 0 Å². The second-order valence-corrected chi connectivity index (χ2v) is 8.47. The molecule has 0 aliphatic heterocycles. The van der Waals surface area contributed by atoms with E-state index in [1.807, 2.05) is 66.9 Å². The van der Waals surface area contributed by atoms with Gasteiger partial charge in [-0.25, -0.2) is 4.79 Å². The summed E-state index contributed by atoms with van der Waals surface area (Å²) in [6, 6.07) is 15.4. The third kappa shape index (κ3) is 5.47. The van der Waals surface area contributed by atoms with E-state index < -0.39 is 6.03 Å². The summed E-state index contributed by atoms with van der Waals surface area (Å²) in [5.74, 6) is 1.11. The molecular formula is C23H25N5O3S. The smallest absolute Gasteiger partial charge is 0.321 e. The molecule has 0 atom stereocenters. The number of aromatic nitrogens is 3. The third-order valence-corrected chi connectivity index (χ3v) is 5.74. The molecule has 8 nitrogen and oxygen atoms in total. The van der Waals surface area contributed by atoms with Crippen molar-refractivity contribution in [3.8, 4) is 22.8 Å². The Bertz CT molecular complexity index is 1110. The van der Waals surface area contributed by atoms with Gasteiger partial charge in [-0.1, -0.05) is 35.5 Å². The third-order valence-electron chi connectivity index (χ3n) is 4.81. The summed E-state index contributed by atoms with van der Waals surface area (Å²) in [6.45, 7) is 4.55. The van der Waals surface area contributed by atoms with Crippen molar-refractivity contribution in [2.45, 2.75) is 37.9 Å². The summed E-state index contributed by atoms with van der Waals surface area (Å²) in [4.78, 5) is 24.1. The lowest BCUT2D eigenvalue weighted by molar-refractivity contribution is -0.117. The van der Waals surface area contributed by atoms with Crippen molar-refractivity contribution >= 4 is 23.7 Å². The molecule has 1 saturated carbocycles. The molecule has 32 heavy (non-hydrogen) atoms. The fraction of sp³-hybridized carbons (Fsp3) is 0.304. The number of nitrogens with one attached hydrogen (secondary N) is 2. The predicted molar refractivity (Wildman–Crippen MR) is 123 cm³/mol. The van der Waals surface area contributed by atoms with E-state index in [0.717, 1.165) is 35.4 Å². The van der Waals surface area contributed by atoms with Crippen LogP contribution in [-0.4, -0.2) is 45.1 Å². The number of carbonyl (C=O) groups is 2. The molecule has 1 aliphatic rings. The van der Waals surface area contributed by atoms with Crippen LogP contribution in [0.2, 0.25) is 0 Å². The van der Waals surface area contributed by atoms with Crippen molar-refractivity contribution < 1.29 is 14.3 Å². The van der Waals surface area contributed by atoms with Gasteiger partial charge in [-0.15, -0.1) is 10.2 Å². The first-order valence-electron chi connectivity index (χ1n) is 10.5. The van der Waals surface area contributed by atoms with Crippen LogP contribution < -0.4 is 15.4 Å². The van der Waals surface area contributed by atoms with Crippen LogP contribution in [0, 0.1) is 6.92 Å². The molecule has 4 rings (SSSR count). The van der Waals surface area contributed by atoms with Crippen molar-refractivity contribution in [1.82, 2.24) is 25.4 Å². The molecule has 1 fully saturated rings. The number of hydrogen-bond acceptors (Lipinski definition) is 6. The van der Waals surface area contributed by atoms with Crippen LogP contribution in [0.1, 0.15) is 25.3 Å². The SMILES string of the molecule is CCOc1ccc(-n2c(SCC(=O)NC(=O)NC3CC3)nnc2-c2cccc(C)c2)cc1. The van der Waals surface area contributed by atoms with Crippen LogP contribution in [0.3, 0.4) is 0 Å². The number of nitrogens with zero attached hydrogens (tertiary/aromatic N) is 3. The van der Waals surface area contributed by atoms with Gasteiger partial charge in [0.2, 0.25) is 5.91 Å². The number of urea groups is 1. The van der Waals surface area contributed by atoms with Crippen molar-refractivity contribution in [3.63, 3.8) is 0 Å². The molecule has 9 heteroatoms. The van der Waals surface area contributed by atoms with Crippen LogP contribution in [0.4, 0.5) is 4.79 Å². The first-order valence-corrected chi connectivity index (χ1v) is 11.5. The number of hydrogen-bond donors (Lipinski definition) is 2. The zero-order valence-electron chi connectivity index (χ0n) is 18.0. The van der Waals surface area contributed by atoms with Crippen LogP contribution in [-0.2, 0) is 4.79 Å². The van der Waals surface area contributed by atoms with Gasteiger partial charge < -0.3 is 10.1 Å². The van der Waals surface area contributed by atoms with Gasteiger partial charge in [0.1, 0.15) is 5.75 Å². The minimum absolute atomic E-state index is 0.0427. The maximum atomic E-state index is 12.2. The Morgan fingerprint density at radius 2 is 1.94 bits per heavy atom. The second-order valence-electron chi connectivity index (χ2n) is 7.52. The van der Waals surface area contributed by atoms with Gasteiger partial charge in [0.05, 0.1) is 12.4 Å². The Balaban J connectivity index is 1.57. The number of aryl methyl sites for hydroxylation is 1. The zero-order chi connectivity index (χ0) is 22.5. The Morgan fingerprint density at radius 3 is 2.62 bits per heavy atom. The van der Waals surface area contributed by atoms with Crippen LogP contribution in [0.5, 0.6) is 5.75 Å². The number of ether oxygens (including phenoxy) is 1. The van der Waals surface area contributed by atoms with Gasteiger partial charge in [-0.2, -0.15) is 0 Å². The van der Waals surface area contributed by atoms with Crippen molar-refractivity contribution in [3.05, 3.63) is 54.1 Å². The highest BCUT2D eigenvalue weighted by molar-refractivity contribution is 7.99. The Labute approximate surface area is 190 Å². The van der Waals surface area contributed by atoms with E-state index in [-0.39, 0.29) is 17.7 Å². The maximum Gasteiger partial charge on any atom is 0.321 e. The fourth-order valence-corrected chi connectivity index (χ4v) is 3.92. The van der Waals surface area contributed by atoms with Crippen molar-refractivity contribution in [2.75, 3.05) is 12.4 Å². The van der Waals surface area contributed by atoms with Gasteiger partial charge >= 0.3 is 6.03 Å². The number of imide groups is 1. The van der Waals surface area contributed by atoms with Gasteiger partial charge in [0, 0.05) is 17.3 Å². The van der Waals surface area contributed by atoms with E-state index in [1.165, 1.54) is 11.8 Å². The topological polar surface area (TPSA) is 98.1 Å². The lowest BCUT2D eigenvalue weighted by Gasteiger charge is -2.12. The molecular weight excluding hydrogens is 426 g/mol. The molecule has 0 radical (unpaired) electrons. The fourth-order valence-electron chi connectivity index (χ4n) is 3.17. The lowest BCUT2D eigenvalue weighted by atomic mass is 10.1. The summed E-state index contributed by atoms with van der Waals surface area (Å²) < 4.78 is 7.46. The summed E-state index contributed by atoms with van der Waals surface area (Å²) in [6.07, 6.45) is 1.92. The lowest BCUT2D eigenvalue weighted by Crippen LogP contribution is -2.41. The van der Waals surface area contributed by atoms with E-state index in [4.69, 9.17) is 4.74 Å². The van der Waals surface area contributed by atoms with Crippen LogP contribution in [0.15, 0.2) is 53.7 Å². The van der Waals surface area contributed by atoms with E-state index in [0.29, 0.717) is 17.6 Å². The molecule has 3 aromatic rings. The zero-order valence-corrected chi connectivity index (χ0v) is 18.8. The monoisotopic (exact) mass is 451 g/mol. The van der Waals surface area contributed by atoms with Crippen molar-refractivity contribution in [2.24, 2.45) is 0 Å². The average molecular weight is 452 g/mol. The Morgan fingerprint density at radius 1 is 1.16 bits per heavy atom. The predicted octanol–water partition coefficient (Wildman–Crippen LogP) is 3.72. The Kier molecular flexibility index (Phi) is 6.75. The number of benzene rings is 2. The molecule has 1 aromatic heterocycles. The standard InChI is InChI=1S/C23H25N5O3S/c1-3-31-19-11-9-18(10-12-19)28-21(16-6-4-5-15(2)13-16)26-27-23(28)32-14-20(29)25-22(30)24-17-7-8-17/h4-6,9-13,17H,3,7-8,14H2,1-2H3,(H2,24,25,29,30). The summed E-state index contributed by atoms with van der Waals surface area (Å²) in [5.41, 5.74) is 2.88. The highest BCUT2D eigenvalue weighted by atomic mass is 32.2. The minimum Gasteiger partial charge on any atom is -0.494 e. The maximum absolute atomic E-state index is 12.2. The minimum atomic E-state index is -0.452. The quantitative estimate of drug-likeness (QED) is 0.507. The average Bonchev–Trinajstić information content (AvgIpc) is 3.48. The molecule has 1 aliphatic carbocycles. The molecule has 0 bridgehead atoms. The van der Waals surface area contributed by atoms with Gasteiger partial charge in [0.15, 0.2) is 11.0 Å². The van der Waals surface area contributed by atoms with Crippen LogP contribution in [0.25, 0.3) is 17.1 Å². The van der Waals surface area contributed by atoms with Gasteiger partial charge in [0.25, 0.3) is 0 Å². The first kappa shape index (κ1) is 21.9. The summed E-state index contributed by atoms with van der Waals surface area (Å²) in [7, 11) is 0. The molecule has 1 heterocycles. The molecule has 0 saturated heterocycles. The van der Waals surface area contributed by atoms with E-state index >= 15 is 0 Å². The number of carbonyl (C=O) groups excluding carboxylic acids is 2. The van der Waals surface area contributed by atoms with Crippen molar-refractivity contribution in [1.29, 1.82) is 0 Å². The van der Waals surface area contributed by atoms with E-state index in [2.05, 4.69) is 20.8 Å². The highest BCUT2D eigenvalue weighted by Crippen LogP contribution is 2.29. The molecule has 166 valence electrons. The largest absolute Gasteiger partial charge is 0.494 e. The molecule has 0 unspecified atom stereocenters. The van der Waals surface area contributed by atoms with Gasteiger partial charge in [-0.05, 0) is 57.0 Å². The molecule has 2 N–H and O–H groups in total. The summed E-state index contributed by atoms with van der Waals surface area (Å²) >= 11 is 1.23. The first-order chi connectivity index (χ1) is 15.5. The molecule has 2 aromatic carbocycles. The van der Waals surface area contributed by atoms with Gasteiger partial charge in [-0.3, -0.25) is 14.7 Å². The Hall–Kier alpha value is -3.33. The normalized spacial score (nSPS) is 12.9. The van der Waals surface area contributed by atoms with Crippen LogP contribution >= 0.6 is 11.8 Å².